The molecule has 0 aromatic heterocycles. The lowest BCUT2D eigenvalue weighted by atomic mass is 10.3. The minimum Gasteiger partial charge on any atom is -0.468 e. The van der Waals surface area contributed by atoms with E-state index in [1.165, 1.54) is 25.3 Å². The van der Waals surface area contributed by atoms with E-state index in [9.17, 15) is 13.2 Å². The summed E-state index contributed by atoms with van der Waals surface area (Å²) < 4.78 is 31.1. The van der Waals surface area contributed by atoms with Crippen molar-refractivity contribution in [3.63, 3.8) is 0 Å². The highest BCUT2D eigenvalue weighted by molar-refractivity contribution is 9.10. The van der Waals surface area contributed by atoms with Gasteiger partial charge in [-0.25, -0.2) is 8.42 Å². The summed E-state index contributed by atoms with van der Waals surface area (Å²) in [5, 5.41) is 0. The van der Waals surface area contributed by atoms with Gasteiger partial charge in [0, 0.05) is 16.7 Å². The molecular weight excluding hydrogens is 348 g/mol. The number of benzene rings is 1. The Hall–Kier alpha value is -1.12. The number of methoxy groups -OCH3 is 1. The SMILES string of the molecule is CCCN(CC(=O)OC)S(=O)(=O)c1ccc(N)cc1Br. The lowest BCUT2D eigenvalue weighted by molar-refractivity contribution is -0.140. The van der Waals surface area contributed by atoms with E-state index >= 15 is 0 Å². The summed E-state index contributed by atoms with van der Waals surface area (Å²) in [6, 6.07) is 4.42. The molecule has 0 unspecified atom stereocenters. The Morgan fingerprint density at radius 2 is 2.10 bits per heavy atom. The number of rotatable bonds is 6. The maximum atomic E-state index is 12.6. The molecular formula is C12H17BrN2O4S. The van der Waals surface area contributed by atoms with Crippen LogP contribution in [0.4, 0.5) is 5.69 Å². The lowest BCUT2D eigenvalue weighted by Crippen LogP contribution is -2.37. The summed E-state index contributed by atoms with van der Waals surface area (Å²) >= 11 is 3.18. The molecule has 0 saturated carbocycles. The monoisotopic (exact) mass is 364 g/mol. The van der Waals surface area contributed by atoms with Gasteiger partial charge < -0.3 is 10.5 Å². The van der Waals surface area contributed by atoms with Crippen molar-refractivity contribution in [3.05, 3.63) is 22.7 Å². The minimum atomic E-state index is -3.79. The zero-order chi connectivity index (χ0) is 15.3. The quantitative estimate of drug-likeness (QED) is 0.611. The molecule has 2 N–H and O–H groups in total. The van der Waals surface area contributed by atoms with E-state index in [1.807, 2.05) is 6.92 Å². The predicted molar refractivity (Wildman–Crippen MR) is 79.6 cm³/mol. The molecule has 112 valence electrons. The zero-order valence-corrected chi connectivity index (χ0v) is 13.7. The van der Waals surface area contributed by atoms with Crippen LogP contribution in [0.3, 0.4) is 0 Å². The maximum Gasteiger partial charge on any atom is 0.321 e. The minimum absolute atomic E-state index is 0.0732. The molecule has 0 atom stereocenters. The highest BCUT2D eigenvalue weighted by Crippen LogP contribution is 2.27. The lowest BCUT2D eigenvalue weighted by Gasteiger charge is -2.21. The fourth-order valence-corrected chi connectivity index (χ4v) is 4.14. The Bertz CT molecular complexity index is 589. The average molecular weight is 365 g/mol. The van der Waals surface area contributed by atoms with Crippen molar-refractivity contribution in [1.29, 1.82) is 0 Å². The van der Waals surface area contributed by atoms with Crippen LogP contribution in [0.5, 0.6) is 0 Å². The highest BCUT2D eigenvalue weighted by atomic mass is 79.9. The molecule has 0 aliphatic rings. The fourth-order valence-electron chi connectivity index (χ4n) is 1.61. The molecule has 1 aromatic rings. The number of carbonyl (C=O) groups is 1. The number of hydrogen-bond acceptors (Lipinski definition) is 5. The molecule has 0 spiro atoms. The van der Waals surface area contributed by atoms with Gasteiger partial charge in [-0.2, -0.15) is 4.31 Å². The van der Waals surface area contributed by atoms with Crippen LogP contribution in [-0.4, -0.2) is 38.9 Å². The first kappa shape index (κ1) is 16.9. The Balaban J connectivity index is 3.18. The van der Waals surface area contributed by atoms with Gasteiger partial charge in [-0.1, -0.05) is 6.92 Å². The number of anilines is 1. The van der Waals surface area contributed by atoms with Gasteiger partial charge in [0.05, 0.1) is 12.0 Å². The second-order valence-electron chi connectivity index (χ2n) is 4.10. The van der Waals surface area contributed by atoms with Gasteiger partial charge in [0.25, 0.3) is 0 Å². The third-order valence-electron chi connectivity index (χ3n) is 2.58. The number of nitrogen functional groups attached to an aromatic ring is 1. The smallest absolute Gasteiger partial charge is 0.321 e. The molecule has 0 aliphatic carbocycles. The zero-order valence-electron chi connectivity index (χ0n) is 11.3. The first-order valence-corrected chi connectivity index (χ1v) is 8.18. The van der Waals surface area contributed by atoms with Crippen LogP contribution in [0.25, 0.3) is 0 Å². The first-order chi connectivity index (χ1) is 9.32. The van der Waals surface area contributed by atoms with Gasteiger partial charge >= 0.3 is 5.97 Å². The molecule has 20 heavy (non-hydrogen) atoms. The van der Waals surface area contributed by atoms with Crippen molar-refractivity contribution >= 4 is 37.6 Å². The standard InChI is InChI=1S/C12H17BrN2O4S/c1-3-6-15(8-12(16)19-2)20(17,18)11-5-4-9(14)7-10(11)13/h4-5,7H,3,6,8,14H2,1-2H3. The second kappa shape index (κ2) is 7.05. The van der Waals surface area contributed by atoms with Crippen molar-refractivity contribution in [3.8, 4) is 0 Å². The molecule has 6 nitrogen and oxygen atoms in total. The van der Waals surface area contributed by atoms with Crippen LogP contribution in [0, 0.1) is 0 Å². The summed E-state index contributed by atoms with van der Waals surface area (Å²) in [6.45, 7) is 1.75. The topological polar surface area (TPSA) is 89.7 Å². The molecule has 1 aromatic carbocycles. The van der Waals surface area contributed by atoms with Crippen molar-refractivity contribution in [1.82, 2.24) is 4.31 Å². The summed E-state index contributed by atoms with van der Waals surface area (Å²) in [7, 11) is -2.57. The van der Waals surface area contributed by atoms with Crippen LogP contribution >= 0.6 is 15.9 Å². The Morgan fingerprint density at radius 1 is 1.45 bits per heavy atom. The van der Waals surface area contributed by atoms with E-state index in [2.05, 4.69) is 20.7 Å². The molecule has 0 bridgehead atoms. The summed E-state index contributed by atoms with van der Waals surface area (Å²) in [5.41, 5.74) is 6.05. The van der Waals surface area contributed by atoms with Crippen molar-refractivity contribution in [2.75, 3.05) is 25.9 Å². The number of carbonyl (C=O) groups excluding carboxylic acids is 1. The third-order valence-corrected chi connectivity index (χ3v) is 5.40. The fraction of sp³-hybridized carbons (Fsp3) is 0.417. The molecule has 1 rings (SSSR count). The number of ether oxygens (including phenoxy) is 1. The van der Waals surface area contributed by atoms with Crippen molar-refractivity contribution < 1.29 is 17.9 Å². The van der Waals surface area contributed by atoms with E-state index in [1.54, 1.807) is 0 Å². The number of nitrogens with zero attached hydrogens (tertiary/aromatic N) is 1. The summed E-state index contributed by atoms with van der Waals surface area (Å²) in [6.07, 6.45) is 0.586. The third kappa shape index (κ3) is 3.94. The Kier molecular flexibility index (Phi) is 5.97. The molecule has 0 aliphatic heterocycles. The number of hydrogen-bond donors (Lipinski definition) is 1. The molecule has 8 heteroatoms. The largest absolute Gasteiger partial charge is 0.468 e. The maximum absolute atomic E-state index is 12.6. The van der Waals surface area contributed by atoms with Gasteiger partial charge in [-0.05, 0) is 40.5 Å². The molecule has 0 radical (unpaired) electrons. The van der Waals surface area contributed by atoms with Crippen LogP contribution in [-0.2, 0) is 19.6 Å². The summed E-state index contributed by atoms with van der Waals surface area (Å²) in [5.74, 6) is -0.603. The first-order valence-electron chi connectivity index (χ1n) is 5.95. The van der Waals surface area contributed by atoms with Gasteiger partial charge in [0.1, 0.15) is 6.54 Å². The van der Waals surface area contributed by atoms with Crippen LogP contribution in [0.2, 0.25) is 0 Å². The van der Waals surface area contributed by atoms with Crippen molar-refractivity contribution in [2.45, 2.75) is 18.2 Å². The van der Waals surface area contributed by atoms with E-state index in [0.29, 0.717) is 16.6 Å². The van der Waals surface area contributed by atoms with Gasteiger partial charge in [-0.15, -0.1) is 0 Å². The van der Waals surface area contributed by atoms with E-state index in [-0.39, 0.29) is 18.0 Å². The van der Waals surface area contributed by atoms with Crippen LogP contribution in [0.15, 0.2) is 27.6 Å². The van der Waals surface area contributed by atoms with Crippen LogP contribution in [0.1, 0.15) is 13.3 Å². The average Bonchev–Trinajstić information content (AvgIpc) is 2.37. The molecule has 0 fully saturated rings. The number of nitrogens with two attached hydrogens (primary N) is 1. The Labute approximate surface area is 127 Å². The van der Waals surface area contributed by atoms with Gasteiger partial charge in [0.15, 0.2) is 0 Å². The molecule has 0 amide bonds. The van der Waals surface area contributed by atoms with Crippen molar-refractivity contribution in [2.24, 2.45) is 0 Å². The summed E-state index contributed by atoms with van der Waals surface area (Å²) in [4.78, 5) is 11.4. The Morgan fingerprint density at radius 3 is 2.60 bits per heavy atom. The van der Waals surface area contributed by atoms with E-state index in [4.69, 9.17) is 5.73 Å². The number of sulfonamides is 1. The predicted octanol–water partition coefficient (Wildman–Crippen LogP) is 1.60. The van der Waals surface area contributed by atoms with E-state index < -0.39 is 16.0 Å². The highest BCUT2D eigenvalue weighted by Gasteiger charge is 2.28. The van der Waals surface area contributed by atoms with Gasteiger partial charge in [0.2, 0.25) is 10.0 Å². The number of halogens is 1. The molecule has 0 saturated heterocycles. The van der Waals surface area contributed by atoms with Crippen LogP contribution < -0.4 is 5.73 Å². The second-order valence-corrected chi connectivity index (χ2v) is 6.87. The molecule has 0 heterocycles. The van der Waals surface area contributed by atoms with E-state index in [0.717, 1.165) is 4.31 Å². The van der Waals surface area contributed by atoms with Gasteiger partial charge in [-0.3, -0.25) is 4.79 Å². The normalized spacial score (nSPS) is 11.6. The number of esters is 1.